The maximum atomic E-state index is 5.41. The minimum absolute atomic E-state index is 0.735. The van der Waals surface area contributed by atoms with Crippen molar-refractivity contribution in [2.24, 2.45) is 0 Å². The lowest BCUT2D eigenvalue weighted by Crippen LogP contribution is -2.08. The van der Waals surface area contributed by atoms with E-state index in [1.54, 1.807) is 20.5 Å². The molecule has 4 rings (SSSR count). The van der Waals surface area contributed by atoms with Gasteiger partial charge in [0.2, 0.25) is 0 Å². The van der Waals surface area contributed by atoms with Crippen LogP contribution in [0.25, 0.3) is 11.0 Å². The third-order valence-electron chi connectivity index (χ3n) is 5.65. The largest absolute Gasteiger partial charge is 0.493 e. The number of pyridine rings is 1. The van der Waals surface area contributed by atoms with Crippen molar-refractivity contribution in [3.8, 4) is 11.5 Å². The van der Waals surface area contributed by atoms with Gasteiger partial charge >= 0.3 is 0 Å². The van der Waals surface area contributed by atoms with E-state index in [2.05, 4.69) is 44.7 Å². The molecule has 3 heterocycles. The molecule has 4 aromatic rings. The fourth-order valence-corrected chi connectivity index (χ4v) is 3.83. The number of methoxy groups -OCH3 is 2. The molecule has 0 radical (unpaired) electrons. The Balaban J connectivity index is 1.55. The molecular formula is C24H27N5O2. The lowest BCUT2D eigenvalue weighted by molar-refractivity contribution is 0.354. The second kappa shape index (κ2) is 9.04. The van der Waals surface area contributed by atoms with Crippen molar-refractivity contribution in [2.75, 3.05) is 26.1 Å². The number of fused-ring (bicyclic) bond motifs is 1. The van der Waals surface area contributed by atoms with E-state index >= 15 is 0 Å². The molecule has 7 nitrogen and oxygen atoms in total. The van der Waals surface area contributed by atoms with Gasteiger partial charge in [-0.15, -0.1) is 0 Å². The number of nitrogens with one attached hydrogen (secondary N) is 1. The third kappa shape index (κ3) is 4.17. The average Bonchev–Trinajstić information content (AvgIpc) is 3.05. The molecule has 160 valence electrons. The first-order valence-electron chi connectivity index (χ1n) is 10.3. The first-order chi connectivity index (χ1) is 15.1. The maximum absolute atomic E-state index is 5.41. The molecule has 0 amide bonds. The van der Waals surface area contributed by atoms with Crippen molar-refractivity contribution in [3.63, 3.8) is 0 Å². The van der Waals surface area contributed by atoms with E-state index in [9.17, 15) is 0 Å². The summed E-state index contributed by atoms with van der Waals surface area (Å²) in [5.74, 6) is 2.34. The molecule has 0 unspecified atom stereocenters. The Labute approximate surface area is 182 Å². The van der Waals surface area contributed by atoms with Crippen LogP contribution < -0.4 is 14.8 Å². The Morgan fingerprint density at radius 1 is 0.935 bits per heavy atom. The van der Waals surface area contributed by atoms with Gasteiger partial charge in [0.1, 0.15) is 17.8 Å². The molecule has 0 saturated carbocycles. The summed E-state index contributed by atoms with van der Waals surface area (Å²) in [6, 6.07) is 10.1. The second-order valence-corrected chi connectivity index (χ2v) is 7.44. The summed E-state index contributed by atoms with van der Waals surface area (Å²) in [7, 11) is 3.30. The van der Waals surface area contributed by atoms with Gasteiger partial charge in [-0.2, -0.15) is 0 Å². The smallest absolute Gasteiger partial charge is 0.160 e. The number of aryl methyl sites for hydroxylation is 1. The molecule has 31 heavy (non-hydrogen) atoms. The molecule has 7 heteroatoms. The van der Waals surface area contributed by atoms with E-state index in [1.807, 2.05) is 36.7 Å². The molecule has 0 bridgehead atoms. The predicted octanol–water partition coefficient (Wildman–Crippen LogP) is 4.16. The fourth-order valence-electron chi connectivity index (χ4n) is 3.83. The van der Waals surface area contributed by atoms with Gasteiger partial charge in [-0.05, 0) is 61.2 Å². The Morgan fingerprint density at radius 3 is 2.45 bits per heavy atom. The second-order valence-electron chi connectivity index (χ2n) is 7.44. The van der Waals surface area contributed by atoms with Crippen molar-refractivity contribution in [3.05, 3.63) is 71.4 Å². The van der Waals surface area contributed by atoms with E-state index in [0.29, 0.717) is 0 Å². The highest BCUT2D eigenvalue weighted by Crippen LogP contribution is 2.30. The number of benzene rings is 1. The molecule has 1 N–H and O–H groups in total. The summed E-state index contributed by atoms with van der Waals surface area (Å²) >= 11 is 0. The normalized spacial score (nSPS) is 11.0. The number of hydrogen-bond acceptors (Lipinski definition) is 6. The molecule has 0 aliphatic rings. The zero-order valence-corrected chi connectivity index (χ0v) is 18.3. The number of nitrogens with zero attached hydrogens (tertiary/aromatic N) is 4. The Morgan fingerprint density at radius 2 is 1.71 bits per heavy atom. The standard InChI is InChI=1S/C24H27N5O2/c1-16-17(2)29(14-19-7-10-25-11-8-19)24-22(16)23(27-15-28-24)26-12-9-18-5-6-20(30-3)21(13-18)31-4/h5-8,10-11,13,15H,9,12,14H2,1-4H3,(H,26,27,28). The van der Waals surface area contributed by atoms with Crippen LogP contribution in [0.4, 0.5) is 5.82 Å². The summed E-state index contributed by atoms with van der Waals surface area (Å²) in [5.41, 5.74) is 5.68. The van der Waals surface area contributed by atoms with Gasteiger partial charge in [0.05, 0.1) is 19.6 Å². The number of ether oxygens (including phenoxy) is 2. The fraction of sp³-hybridized carbons (Fsp3) is 0.292. The Kier molecular flexibility index (Phi) is 6.02. The van der Waals surface area contributed by atoms with Crippen LogP contribution in [-0.2, 0) is 13.0 Å². The van der Waals surface area contributed by atoms with Crippen LogP contribution in [-0.4, -0.2) is 40.3 Å². The molecule has 0 spiro atoms. The van der Waals surface area contributed by atoms with E-state index in [1.165, 1.54) is 22.4 Å². The average molecular weight is 418 g/mol. The number of rotatable bonds is 8. The van der Waals surface area contributed by atoms with Crippen LogP contribution >= 0.6 is 0 Å². The molecule has 0 atom stereocenters. The predicted molar refractivity (Wildman–Crippen MR) is 122 cm³/mol. The lowest BCUT2D eigenvalue weighted by atomic mass is 10.1. The molecule has 0 saturated heterocycles. The molecule has 1 aromatic carbocycles. The summed E-state index contributed by atoms with van der Waals surface area (Å²) in [6.45, 7) is 5.76. The molecule has 3 aromatic heterocycles. The highest BCUT2D eigenvalue weighted by Gasteiger charge is 2.16. The van der Waals surface area contributed by atoms with Crippen molar-refractivity contribution < 1.29 is 9.47 Å². The first kappa shape index (κ1) is 20.7. The van der Waals surface area contributed by atoms with Gasteiger partial charge < -0.3 is 19.4 Å². The minimum Gasteiger partial charge on any atom is -0.493 e. The monoisotopic (exact) mass is 417 g/mol. The lowest BCUT2D eigenvalue weighted by Gasteiger charge is -2.11. The zero-order valence-electron chi connectivity index (χ0n) is 18.3. The van der Waals surface area contributed by atoms with Crippen LogP contribution in [0.1, 0.15) is 22.4 Å². The van der Waals surface area contributed by atoms with Crippen LogP contribution in [0, 0.1) is 13.8 Å². The molecule has 0 aliphatic heterocycles. The van der Waals surface area contributed by atoms with Gasteiger partial charge in [-0.25, -0.2) is 9.97 Å². The van der Waals surface area contributed by atoms with Crippen LogP contribution in [0.2, 0.25) is 0 Å². The summed E-state index contributed by atoms with van der Waals surface area (Å²) in [5, 5.41) is 4.57. The van der Waals surface area contributed by atoms with Crippen molar-refractivity contribution in [1.82, 2.24) is 19.5 Å². The topological polar surface area (TPSA) is 74.1 Å². The van der Waals surface area contributed by atoms with Gasteiger partial charge in [0.25, 0.3) is 0 Å². The van der Waals surface area contributed by atoms with Gasteiger partial charge in [0, 0.05) is 31.2 Å². The summed E-state index contributed by atoms with van der Waals surface area (Å²) < 4.78 is 13.0. The zero-order chi connectivity index (χ0) is 21.8. The first-order valence-corrected chi connectivity index (χ1v) is 10.3. The van der Waals surface area contributed by atoms with Crippen LogP contribution in [0.15, 0.2) is 49.1 Å². The highest BCUT2D eigenvalue weighted by molar-refractivity contribution is 5.91. The van der Waals surface area contributed by atoms with E-state index in [-0.39, 0.29) is 0 Å². The Bertz CT molecular complexity index is 1190. The molecule has 0 fully saturated rings. The van der Waals surface area contributed by atoms with E-state index < -0.39 is 0 Å². The third-order valence-corrected chi connectivity index (χ3v) is 5.65. The maximum Gasteiger partial charge on any atom is 0.160 e. The van der Waals surface area contributed by atoms with Crippen LogP contribution in [0.3, 0.4) is 0 Å². The Hall–Kier alpha value is -3.61. The SMILES string of the molecule is COc1ccc(CCNc2ncnc3c2c(C)c(C)n3Cc2ccncc2)cc1OC. The van der Waals surface area contributed by atoms with E-state index in [0.717, 1.165) is 47.9 Å². The number of hydrogen-bond donors (Lipinski definition) is 1. The highest BCUT2D eigenvalue weighted by atomic mass is 16.5. The van der Waals surface area contributed by atoms with Crippen LogP contribution in [0.5, 0.6) is 11.5 Å². The summed E-state index contributed by atoms with van der Waals surface area (Å²) in [6.07, 6.45) is 6.10. The van der Waals surface area contributed by atoms with Gasteiger partial charge in [-0.3, -0.25) is 4.98 Å². The van der Waals surface area contributed by atoms with Crippen molar-refractivity contribution in [1.29, 1.82) is 0 Å². The van der Waals surface area contributed by atoms with E-state index in [4.69, 9.17) is 9.47 Å². The molecular weight excluding hydrogens is 390 g/mol. The van der Waals surface area contributed by atoms with Crippen molar-refractivity contribution in [2.45, 2.75) is 26.8 Å². The van der Waals surface area contributed by atoms with Gasteiger partial charge in [0.15, 0.2) is 11.5 Å². The summed E-state index contributed by atoms with van der Waals surface area (Å²) in [4.78, 5) is 13.2. The number of anilines is 1. The van der Waals surface area contributed by atoms with Crippen molar-refractivity contribution >= 4 is 16.9 Å². The molecule has 0 aliphatic carbocycles. The minimum atomic E-state index is 0.735. The quantitative estimate of drug-likeness (QED) is 0.464. The number of aromatic nitrogens is 4. The van der Waals surface area contributed by atoms with Gasteiger partial charge in [-0.1, -0.05) is 6.07 Å².